The van der Waals surface area contributed by atoms with E-state index in [4.69, 9.17) is 9.47 Å². The smallest absolute Gasteiger partial charge is 0.119 e. The van der Waals surface area contributed by atoms with Gasteiger partial charge in [0.2, 0.25) is 0 Å². The highest BCUT2D eigenvalue weighted by Crippen LogP contribution is 2.44. The van der Waals surface area contributed by atoms with E-state index in [2.05, 4.69) is 36.4 Å². The Hall–Kier alpha value is -2.22. The molecule has 0 heterocycles. The maximum absolute atomic E-state index is 5.35. The topological polar surface area (TPSA) is 18.5 Å². The van der Waals surface area contributed by atoms with E-state index >= 15 is 0 Å². The third kappa shape index (κ3) is 2.02. The van der Waals surface area contributed by atoms with Crippen LogP contribution in [-0.2, 0) is 12.8 Å². The van der Waals surface area contributed by atoms with Gasteiger partial charge in [-0.1, -0.05) is 12.1 Å². The molecule has 0 aliphatic heterocycles. The minimum absolute atomic E-state index is 0.960. The molecule has 0 amide bonds. The van der Waals surface area contributed by atoms with Crippen molar-refractivity contribution in [3.05, 3.63) is 58.7 Å². The molecule has 0 fully saturated rings. The lowest BCUT2D eigenvalue weighted by Crippen LogP contribution is -1.89. The fraction of sp³-hybridized carbons (Fsp3) is 0.300. The molecule has 4 rings (SSSR count). The summed E-state index contributed by atoms with van der Waals surface area (Å²) in [7, 11) is 3.47. The first kappa shape index (κ1) is 13.4. The molecule has 0 saturated heterocycles. The normalized spacial score (nSPS) is 19.0. The minimum Gasteiger partial charge on any atom is -0.497 e. The number of hydrogen-bond donors (Lipinski definition) is 0. The lowest BCUT2D eigenvalue weighted by Gasteiger charge is -2.09. The molecule has 2 aromatic rings. The van der Waals surface area contributed by atoms with Crippen molar-refractivity contribution in [1.82, 2.24) is 0 Å². The van der Waals surface area contributed by atoms with Crippen LogP contribution in [0.5, 0.6) is 11.5 Å². The first-order chi connectivity index (χ1) is 10.8. The van der Waals surface area contributed by atoms with Crippen molar-refractivity contribution in [2.24, 2.45) is 0 Å². The van der Waals surface area contributed by atoms with E-state index in [0.717, 1.165) is 37.2 Å². The molecule has 0 N–H and O–H groups in total. The molecule has 2 aliphatic rings. The quantitative estimate of drug-likeness (QED) is 0.811. The van der Waals surface area contributed by atoms with Crippen molar-refractivity contribution in [2.45, 2.75) is 25.7 Å². The summed E-state index contributed by atoms with van der Waals surface area (Å²) >= 11 is 0. The third-order valence-corrected chi connectivity index (χ3v) is 4.93. The number of methoxy groups -OCH3 is 2. The van der Waals surface area contributed by atoms with Gasteiger partial charge < -0.3 is 9.47 Å². The molecule has 0 atom stereocenters. The Balaban J connectivity index is 1.81. The molecule has 112 valence electrons. The van der Waals surface area contributed by atoms with Crippen LogP contribution in [0.2, 0.25) is 0 Å². The van der Waals surface area contributed by atoms with Crippen LogP contribution in [0.15, 0.2) is 36.4 Å². The second kappa shape index (κ2) is 5.20. The van der Waals surface area contributed by atoms with E-state index in [-0.39, 0.29) is 0 Å². The molecular formula is C20H20O2. The molecule has 2 nitrogen and oxygen atoms in total. The number of allylic oxidation sites excluding steroid dienone is 2. The van der Waals surface area contributed by atoms with Crippen molar-refractivity contribution in [3.8, 4) is 11.5 Å². The SMILES string of the molecule is COc1ccc2c(c1)CC/C2=C1/CCc2cc(OC)ccc21. The maximum atomic E-state index is 5.35. The first-order valence-corrected chi connectivity index (χ1v) is 7.87. The van der Waals surface area contributed by atoms with Gasteiger partial charge in [-0.25, -0.2) is 0 Å². The standard InChI is InChI=1S/C20H20O2/c1-21-15-5-9-17-13(11-15)3-7-19(17)20-8-4-14-12-16(22-2)6-10-18(14)20/h5-6,9-12H,3-4,7-8H2,1-2H3/b20-19+. The second-order valence-electron chi connectivity index (χ2n) is 6.00. The van der Waals surface area contributed by atoms with Crippen LogP contribution in [0.25, 0.3) is 11.1 Å². The predicted molar refractivity (Wildman–Crippen MR) is 89.4 cm³/mol. The van der Waals surface area contributed by atoms with Crippen LogP contribution >= 0.6 is 0 Å². The van der Waals surface area contributed by atoms with E-state index in [9.17, 15) is 0 Å². The molecule has 0 spiro atoms. The van der Waals surface area contributed by atoms with E-state index in [1.807, 2.05) is 0 Å². The molecule has 0 radical (unpaired) electrons. The monoisotopic (exact) mass is 292 g/mol. The number of fused-ring (bicyclic) bond motifs is 2. The Kier molecular flexibility index (Phi) is 3.18. The number of hydrogen-bond acceptors (Lipinski definition) is 2. The summed E-state index contributed by atoms with van der Waals surface area (Å²) in [6.45, 7) is 0. The van der Waals surface area contributed by atoms with Crippen molar-refractivity contribution in [1.29, 1.82) is 0 Å². The number of benzene rings is 2. The van der Waals surface area contributed by atoms with Crippen LogP contribution in [0.3, 0.4) is 0 Å². The maximum Gasteiger partial charge on any atom is 0.119 e. The number of aryl methyl sites for hydroxylation is 2. The zero-order valence-electron chi connectivity index (χ0n) is 13.1. The summed E-state index contributed by atoms with van der Waals surface area (Å²) in [5.74, 6) is 1.92. The predicted octanol–water partition coefficient (Wildman–Crippen LogP) is 4.51. The van der Waals surface area contributed by atoms with E-state index in [1.54, 1.807) is 14.2 Å². The summed E-state index contributed by atoms with van der Waals surface area (Å²) in [6, 6.07) is 13.0. The van der Waals surface area contributed by atoms with Crippen LogP contribution in [0, 0.1) is 0 Å². The zero-order chi connectivity index (χ0) is 15.1. The summed E-state index contributed by atoms with van der Waals surface area (Å²) in [6.07, 6.45) is 4.53. The molecule has 2 aromatic carbocycles. The Morgan fingerprint density at radius 3 is 1.50 bits per heavy atom. The second-order valence-corrected chi connectivity index (χ2v) is 6.00. The molecule has 0 saturated carbocycles. The molecule has 22 heavy (non-hydrogen) atoms. The van der Waals surface area contributed by atoms with Gasteiger partial charge in [0.1, 0.15) is 11.5 Å². The van der Waals surface area contributed by atoms with Gasteiger partial charge in [-0.15, -0.1) is 0 Å². The van der Waals surface area contributed by atoms with Crippen molar-refractivity contribution in [3.63, 3.8) is 0 Å². The molecule has 0 bridgehead atoms. The Morgan fingerprint density at radius 1 is 0.636 bits per heavy atom. The Bertz CT molecular complexity index is 706. The molecule has 0 unspecified atom stereocenters. The van der Waals surface area contributed by atoms with E-state index in [0.29, 0.717) is 0 Å². The van der Waals surface area contributed by atoms with Gasteiger partial charge in [0.05, 0.1) is 14.2 Å². The fourth-order valence-corrected chi connectivity index (χ4v) is 3.81. The molecular weight excluding hydrogens is 272 g/mol. The van der Waals surface area contributed by atoms with Crippen LogP contribution < -0.4 is 9.47 Å². The summed E-state index contributed by atoms with van der Waals surface area (Å²) < 4.78 is 10.7. The Labute approximate surface area is 131 Å². The summed E-state index contributed by atoms with van der Waals surface area (Å²) in [5, 5.41) is 0. The van der Waals surface area contributed by atoms with E-state index < -0.39 is 0 Å². The minimum atomic E-state index is 0.960. The Morgan fingerprint density at radius 2 is 1.09 bits per heavy atom. The molecule has 2 heteroatoms. The molecule has 0 aromatic heterocycles. The highest BCUT2D eigenvalue weighted by atomic mass is 16.5. The van der Waals surface area contributed by atoms with Crippen LogP contribution in [0.1, 0.15) is 35.1 Å². The number of rotatable bonds is 2. The van der Waals surface area contributed by atoms with Crippen LogP contribution in [0.4, 0.5) is 0 Å². The first-order valence-electron chi connectivity index (χ1n) is 7.87. The number of ether oxygens (including phenoxy) is 2. The van der Waals surface area contributed by atoms with Gasteiger partial charge in [0.15, 0.2) is 0 Å². The van der Waals surface area contributed by atoms with Crippen LogP contribution in [-0.4, -0.2) is 14.2 Å². The van der Waals surface area contributed by atoms with Crippen molar-refractivity contribution >= 4 is 11.1 Å². The highest BCUT2D eigenvalue weighted by molar-refractivity contribution is 5.96. The van der Waals surface area contributed by atoms with Crippen molar-refractivity contribution < 1.29 is 9.47 Å². The molecule has 2 aliphatic carbocycles. The fourth-order valence-electron chi connectivity index (χ4n) is 3.81. The average molecular weight is 292 g/mol. The lowest BCUT2D eigenvalue weighted by atomic mass is 9.97. The van der Waals surface area contributed by atoms with Crippen molar-refractivity contribution in [2.75, 3.05) is 14.2 Å². The highest BCUT2D eigenvalue weighted by Gasteiger charge is 2.25. The zero-order valence-corrected chi connectivity index (χ0v) is 13.1. The van der Waals surface area contributed by atoms with Gasteiger partial charge in [-0.05, 0) is 83.3 Å². The van der Waals surface area contributed by atoms with Gasteiger partial charge in [0.25, 0.3) is 0 Å². The summed E-state index contributed by atoms with van der Waals surface area (Å²) in [5.41, 5.74) is 8.73. The summed E-state index contributed by atoms with van der Waals surface area (Å²) in [4.78, 5) is 0. The van der Waals surface area contributed by atoms with Gasteiger partial charge in [-0.3, -0.25) is 0 Å². The van der Waals surface area contributed by atoms with Gasteiger partial charge in [0, 0.05) is 0 Å². The third-order valence-electron chi connectivity index (χ3n) is 4.93. The lowest BCUT2D eigenvalue weighted by molar-refractivity contribution is 0.414. The van der Waals surface area contributed by atoms with Gasteiger partial charge in [-0.2, -0.15) is 0 Å². The average Bonchev–Trinajstić information content (AvgIpc) is 3.16. The van der Waals surface area contributed by atoms with E-state index in [1.165, 1.54) is 33.4 Å². The van der Waals surface area contributed by atoms with Gasteiger partial charge >= 0.3 is 0 Å². The largest absolute Gasteiger partial charge is 0.497 e.